The number of benzene rings is 2. The fourth-order valence-electron chi connectivity index (χ4n) is 3.01. The Bertz CT molecular complexity index is 871. The molecular weight excluding hydrogens is 434 g/mol. The zero-order chi connectivity index (χ0) is 23.5. The van der Waals surface area contributed by atoms with Crippen molar-refractivity contribution in [2.45, 2.75) is 33.3 Å². The third-order valence-corrected chi connectivity index (χ3v) is 4.81. The molecule has 1 atom stereocenters. The number of halogens is 1. The van der Waals surface area contributed by atoms with E-state index in [0.29, 0.717) is 36.2 Å². The third-order valence-electron chi connectivity index (χ3n) is 4.50. The van der Waals surface area contributed by atoms with Crippen molar-refractivity contribution in [1.29, 1.82) is 0 Å². The van der Waals surface area contributed by atoms with Crippen LogP contribution in [0, 0.1) is 5.92 Å². The molecule has 174 valence electrons. The Morgan fingerprint density at radius 3 is 2.38 bits per heavy atom. The van der Waals surface area contributed by atoms with Crippen molar-refractivity contribution in [3.63, 3.8) is 0 Å². The van der Waals surface area contributed by atoms with Gasteiger partial charge >= 0.3 is 12.1 Å². The summed E-state index contributed by atoms with van der Waals surface area (Å²) in [6.07, 6.45) is -1.08. The first-order valence-electron chi connectivity index (χ1n) is 10.6. The maximum Gasteiger partial charge on any atom is 0.415 e. The highest BCUT2D eigenvalue weighted by Gasteiger charge is 2.19. The van der Waals surface area contributed by atoms with Crippen molar-refractivity contribution in [2.75, 3.05) is 26.3 Å². The number of ether oxygens (including phenoxy) is 3. The van der Waals surface area contributed by atoms with Gasteiger partial charge in [-0.3, -0.25) is 0 Å². The van der Waals surface area contributed by atoms with E-state index in [2.05, 4.69) is 0 Å². The maximum atomic E-state index is 12.6. The molecule has 0 aliphatic heterocycles. The summed E-state index contributed by atoms with van der Waals surface area (Å²) >= 11 is 6.08. The largest absolute Gasteiger partial charge is 0.492 e. The molecule has 32 heavy (non-hydrogen) atoms. The van der Waals surface area contributed by atoms with E-state index >= 15 is 0 Å². The molecule has 8 heteroatoms. The van der Waals surface area contributed by atoms with E-state index in [1.54, 1.807) is 48.2 Å². The third kappa shape index (κ3) is 8.40. The number of carboxylic acids is 1. The molecule has 2 aromatic carbocycles. The van der Waals surface area contributed by atoms with Gasteiger partial charge in [0.2, 0.25) is 0 Å². The van der Waals surface area contributed by atoms with Crippen LogP contribution in [0.15, 0.2) is 48.5 Å². The topological polar surface area (TPSA) is 85.3 Å². The standard InChI is InChI=1S/C24H30ClNO6/c1-4-30-22(23(27)28)15-18-9-11-19(12-10-18)31-14-13-26(16-17(2)3)24(29)32-21-8-6-5-7-20(21)25/h5-12,17,22H,4,13-16H2,1-3H3,(H,27,28). The minimum Gasteiger partial charge on any atom is -0.492 e. The Kier molecular flexibility index (Phi) is 10.3. The monoisotopic (exact) mass is 463 g/mol. The van der Waals surface area contributed by atoms with E-state index < -0.39 is 18.2 Å². The number of rotatable bonds is 12. The predicted octanol–water partition coefficient (Wildman–Crippen LogP) is 4.91. The predicted molar refractivity (Wildman–Crippen MR) is 123 cm³/mol. The number of carboxylic acid groups (broad SMARTS) is 1. The smallest absolute Gasteiger partial charge is 0.415 e. The van der Waals surface area contributed by atoms with Crippen LogP contribution in [0.25, 0.3) is 0 Å². The lowest BCUT2D eigenvalue weighted by Crippen LogP contribution is -2.39. The molecule has 0 bridgehead atoms. The lowest BCUT2D eigenvalue weighted by atomic mass is 10.1. The van der Waals surface area contributed by atoms with Crippen molar-refractivity contribution < 1.29 is 28.9 Å². The molecule has 2 aromatic rings. The van der Waals surface area contributed by atoms with Gasteiger partial charge in [0.1, 0.15) is 12.4 Å². The molecule has 0 aliphatic rings. The lowest BCUT2D eigenvalue weighted by Gasteiger charge is -2.24. The average molecular weight is 464 g/mol. The van der Waals surface area contributed by atoms with Gasteiger partial charge in [-0.25, -0.2) is 9.59 Å². The van der Waals surface area contributed by atoms with Gasteiger partial charge in [0.25, 0.3) is 0 Å². The first-order chi connectivity index (χ1) is 15.3. The van der Waals surface area contributed by atoms with Gasteiger partial charge in [0.15, 0.2) is 11.9 Å². The molecule has 1 unspecified atom stereocenters. The summed E-state index contributed by atoms with van der Waals surface area (Å²) < 4.78 is 16.5. The summed E-state index contributed by atoms with van der Waals surface area (Å²) in [6, 6.07) is 14.0. The van der Waals surface area contributed by atoms with Gasteiger partial charge in [-0.1, -0.05) is 49.7 Å². The first-order valence-corrected chi connectivity index (χ1v) is 10.9. The second-order valence-corrected chi connectivity index (χ2v) is 8.02. The molecule has 1 amide bonds. The average Bonchev–Trinajstić information content (AvgIpc) is 2.75. The summed E-state index contributed by atoms with van der Waals surface area (Å²) in [4.78, 5) is 25.4. The molecule has 1 N–H and O–H groups in total. The Hall–Kier alpha value is -2.77. The zero-order valence-corrected chi connectivity index (χ0v) is 19.4. The highest BCUT2D eigenvalue weighted by molar-refractivity contribution is 6.32. The van der Waals surface area contributed by atoms with Gasteiger partial charge in [-0.05, 0) is 42.7 Å². The Balaban J connectivity index is 1.91. The van der Waals surface area contributed by atoms with Gasteiger partial charge < -0.3 is 24.2 Å². The number of hydrogen-bond acceptors (Lipinski definition) is 5. The van der Waals surface area contributed by atoms with Gasteiger partial charge in [0, 0.05) is 19.6 Å². The number of carbonyl (C=O) groups is 2. The van der Waals surface area contributed by atoms with Crippen LogP contribution in [-0.4, -0.2) is 54.5 Å². The molecule has 2 rings (SSSR count). The number of aliphatic carboxylic acids is 1. The number of nitrogens with zero attached hydrogens (tertiary/aromatic N) is 1. The molecule has 0 aromatic heterocycles. The minimum atomic E-state index is -0.985. The molecule has 0 spiro atoms. The number of amides is 1. The van der Waals surface area contributed by atoms with Crippen LogP contribution >= 0.6 is 11.6 Å². The SMILES string of the molecule is CCOC(Cc1ccc(OCCN(CC(C)C)C(=O)Oc2ccccc2Cl)cc1)C(=O)O. The Labute approximate surface area is 193 Å². The van der Waals surface area contributed by atoms with Crippen molar-refractivity contribution in [2.24, 2.45) is 5.92 Å². The van der Waals surface area contributed by atoms with Gasteiger partial charge in [-0.15, -0.1) is 0 Å². The van der Waals surface area contributed by atoms with Crippen molar-refractivity contribution in [3.8, 4) is 11.5 Å². The molecule has 0 radical (unpaired) electrons. The van der Waals surface area contributed by atoms with Crippen LogP contribution in [0.1, 0.15) is 26.3 Å². The van der Waals surface area contributed by atoms with Crippen molar-refractivity contribution >= 4 is 23.7 Å². The van der Waals surface area contributed by atoms with Crippen LogP contribution in [-0.2, 0) is 16.0 Å². The summed E-state index contributed by atoms with van der Waals surface area (Å²) in [7, 11) is 0. The molecule has 0 aliphatic carbocycles. The quantitative estimate of drug-likeness (QED) is 0.481. The Morgan fingerprint density at radius 1 is 1.09 bits per heavy atom. The number of carbonyl (C=O) groups excluding carboxylic acids is 1. The van der Waals surface area contributed by atoms with E-state index in [1.165, 1.54) is 0 Å². The summed E-state index contributed by atoms with van der Waals surface area (Å²) in [5.74, 6) is 0.207. The second-order valence-electron chi connectivity index (χ2n) is 7.62. The molecule has 0 saturated carbocycles. The van der Waals surface area contributed by atoms with E-state index in [0.717, 1.165) is 5.56 Å². The van der Waals surface area contributed by atoms with E-state index in [4.69, 9.17) is 25.8 Å². The highest BCUT2D eigenvalue weighted by Crippen LogP contribution is 2.24. The van der Waals surface area contributed by atoms with Crippen molar-refractivity contribution in [1.82, 2.24) is 4.90 Å². The normalized spacial score (nSPS) is 11.8. The lowest BCUT2D eigenvalue weighted by molar-refractivity contribution is -0.149. The van der Waals surface area contributed by atoms with Gasteiger partial charge in [0.05, 0.1) is 11.6 Å². The fraction of sp³-hybridized carbons (Fsp3) is 0.417. The van der Waals surface area contributed by atoms with Crippen LogP contribution in [0.5, 0.6) is 11.5 Å². The summed E-state index contributed by atoms with van der Waals surface area (Å²) in [5, 5.41) is 9.58. The van der Waals surface area contributed by atoms with Crippen LogP contribution in [0.4, 0.5) is 4.79 Å². The maximum absolute atomic E-state index is 12.6. The van der Waals surface area contributed by atoms with E-state index in [1.807, 2.05) is 26.0 Å². The van der Waals surface area contributed by atoms with Gasteiger partial charge in [-0.2, -0.15) is 0 Å². The molecular formula is C24H30ClNO6. The summed E-state index contributed by atoms with van der Waals surface area (Å²) in [6.45, 7) is 7.27. The molecule has 7 nitrogen and oxygen atoms in total. The number of para-hydroxylation sites is 1. The number of hydrogen-bond donors (Lipinski definition) is 1. The molecule has 0 saturated heterocycles. The van der Waals surface area contributed by atoms with Crippen LogP contribution < -0.4 is 9.47 Å². The van der Waals surface area contributed by atoms with E-state index in [9.17, 15) is 14.7 Å². The second kappa shape index (κ2) is 12.9. The van der Waals surface area contributed by atoms with Crippen LogP contribution in [0.3, 0.4) is 0 Å². The minimum absolute atomic E-state index is 0.251. The molecule has 0 heterocycles. The first kappa shape index (κ1) is 25.5. The summed E-state index contributed by atoms with van der Waals surface area (Å²) in [5.41, 5.74) is 0.836. The molecule has 0 fully saturated rings. The van der Waals surface area contributed by atoms with Crippen molar-refractivity contribution in [3.05, 3.63) is 59.1 Å². The Morgan fingerprint density at radius 2 is 1.78 bits per heavy atom. The van der Waals surface area contributed by atoms with E-state index in [-0.39, 0.29) is 18.9 Å². The van der Waals surface area contributed by atoms with Crippen LogP contribution in [0.2, 0.25) is 5.02 Å². The highest BCUT2D eigenvalue weighted by atomic mass is 35.5. The fourth-order valence-corrected chi connectivity index (χ4v) is 3.19. The zero-order valence-electron chi connectivity index (χ0n) is 18.6.